The van der Waals surface area contributed by atoms with E-state index < -0.39 is 0 Å². The summed E-state index contributed by atoms with van der Waals surface area (Å²) in [6.45, 7) is 4.70. The summed E-state index contributed by atoms with van der Waals surface area (Å²) in [5.41, 5.74) is 1.01. The predicted molar refractivity (Wildman–Crippen MR) is 70.4 cm³/mol. The van der Waals surface area contributed by atoms with Crippen LogP contribution in [0.25, 0.3) is 0 Å². The molecule has 1 aromatic carbocycles. The van der Waals surface area contributed by atoms with Crippen LogP contribution in [0.3, 0.4) is 0 Å². The zero-order chi connectivity index (χ0) is 13.0. The van der Waals surface area contributed by atoms with Gasteiger partial charge < -0.3 is 14.6 Å². The van der Waals surface area contributed by atoms with Gasteiger partial charge in [-0.25, -0.2) is 0 Å². The van der Waals surface area contributed by atoms with E-state index in [1.165, 1.54) is 0 Å². The number of aliphatic hydroxyl groups is 1. The molecule has 18 heavy (non-hydrogen) atoms. The van der Waals surface area contributed by atoms with Gasteiger partial charge in [0.05, 0.1) is 12.0 Å². The zero-order valence-electron chi connectivity index (χ0n) is 10.4. The number of rotatable bonds is 6. The Hall–Kier alpha value is -0.970. The van der Waals surface area contributed by atoms with Gasteiger partial charge in [-0.2, -0.15) is 0 Å². The van der Waals surface area contributed by atoms with Gasteiger partial charge in [-0.3, -0.25) is 4.90 Å². The lowest BCUT2D eigenvalue weighted by Crippen LogP contribution is -2.29. The monoisotopic (exact) mass is 271 g/mol. The topological polar surface area (TPSA) is 41.9 Å². The van der Waals surface area contributed by atoms with Gasteiger partial charge in [0, 0.05) is 13.1 Å². The number of hydrogen-bond donors (Lipinski definition) is 1. The van der Waals surface area contributed by atoms with Crippen LogP contribution in [0.2, 0.25) is 0 Å². The quantitative estimate of drug-likeness (QED) is 0.804. The van der Waals surface area contributed by atoms with Crippen molar-refractivity contribution in [1.82, 2.24) is 4.90 Å². The van der Waals surface area contributed by atoms with Crippen molar-refractivity contribution in [2.24, 2.45) is 0 Å². The summed E-state index contributed by atoms with van der Waals surface area (Å²) in [6, 6.07) is 5.76. The number of hydrogen-bond acceptors (Lipinski definition) is 4. The molecular formula is C13H18ClNO3. The third-order valence-corrected chi connectivity index (χ3v) is 3.43. The normalized spacial score (nSPS) is 15.1. The first-order valence-corrected chi connectivity index (χ1v) is 6.55. The Labute approximate surface area is 112 Å². The molecule has 0 aliphatic carbocycles. The third-order valence-electron chi connectivity index (χ3n) is 3.04. The Kier molecular flexibility index (Phi) is 4.69. The minimum absolute atomic E-state index is 0.119. The molecule has 100 valence electrons. The lowest BCUT2D eigenvalue weighted by Gasteiger charge is -2.22. The van der Waals surface area contributed by atoms with Gasteiger partial charge in [-0.05, 0) is 24.2 Å². The fourth-order valence-corrected chi connectivity index (χ4v) is 2.29. The Morgan fingerprint density at radius 1 is 1.39 bits per heavy atom. The summed E-state index contributed by atoms with van der Waals surface area (Å²) < 4.78 is 10.6. The maximum atomic E-state index is 8.96. The summed E-state index contributed by atoms with van der Waals surface area (Å²) in [4.78, 5) is 2.11. The standard InChI is InChI=1S/C13H18ClNO3/c1-2-15(5-6-16)8-11(14)10-3-4-12-13(7-10)18-9-17-12/h3-4,7,11,16H,2,5-6,8-9H2,1H3. The SMILES string of the molecule is CCN(CCO)CC(Cl)c1ccc2c(c1)OCO2. The van der Waals surface area contributed by atoms with Crippen molar-refractivity contribution >= 4 is 11.6 Å². The first kappa shape index (κ1) is 13.5. The molecule has 0 amide bonds. The van der Waals surface area contributed by atoms with Crippen LogP contribution in [0.5, 0.6) is 11.5 Å². The predicted octanol–water partition coefficient (Wildman–Crippen LogP) is 2.01. The molecule has 1 N–H and O–H groups in total. The summed E-state index contributed by atoms with van der Waals surface area (Å²) in [6.07, 6.45) is 0. The second-order valence-electron chi connectivity index (χ2n) is 4.20. The molecule has 1 atom stereocenters. The van der Waals surface area contributed by atoms with E-state index in [9.17, 15) is 0 Å². The molecule has 0 radical (unpaired) electrons. The van der Waals surface area contributed by atoms with Crippen molar-refractivity contribution in [3.05, 3.63) is 23.8 Å². The fraction of sp³-hybridized carbons (Fsp3) is 0.538. The molecular weight excluding hydrogens is 254 g/mol. The number of fused-ring (bicyclic) bond motifs is 1. The number of halogens is 1. The fourth-order valence-electron chi connectivity index (χ4n) is 1.96. The molecule has 0 saturated heterocycles. The van der Waals surface area contributed by atoms with Gasteiger partial charge in [0.25, 0.3) is 0 Å². The highest BCUT2D eigenvalue weighted by molar-refractivity contribution is 6.21. The molecule has 2 rings (SSSR count). The van der Waals surface area contributed by atoms with Crippen molar-refractivity contribution in [2.45, 2.75) is 12.3 Å². The lowest BCUT2D eigenvalue weighted by molar-refractivity contribution is 0.174. The molecule has 1 heterocycles. The smallest absolute Gasteiger partial charge is 0.231 e. The van der Waals surface area contributed by atoms with Crippen LogP contribution in [0.4, 0.5) is 0 Å². The second kappa shape index (κ2) is 6.27. The number of alkyl halides is 1. The summed E-state index contributed by atoms with van der Waals surface area (Å²) in [5, 5.41) is 8.84. The molecule has 1 aromatic rings. The average Bonchev–Trinajstić information content (AvgIpc) is 2.85. The van der Waals surface area contributed by atoms with Crippen LogP contribution in [-0.4, -0.2) is 43.0 Å². The number of benzene rings is 1. The molecule has 5 heteroatoms. The molecule has 1 unspecified atom stereocenters. The van der Waals surface area contributed by atoms with Crippen molar-refractivity contribution < 1.29 is 14.6 Å². The molecule has 0 spiro atoms. The first-order valence-electron chi connectivity index (χ1n) is 6.11. The molecule has 0 bridgehead atoms. The highest BCUT2D eigenvalue weighted by atomic mass is 35.5. The van der Waals surface area contributed by atoms with Gasteiger partial charge in [0.2, 0.25) is 6.79 Å². The Morgan fingerprint density at radius 2 is 2.17 bits per heavy atom. The van der Waals surface area contributed by atoms with E-state index in [0.29, 0.717) is 13.1 Å². The van der Waals surface area contributed by atoms with Crippen LogP contribution in [-0.2, 0) is 0 Å². The van der Waals surface area contributed by atoms with Crippen LogP contribution < -0.4 is 9.47 Å². The number of ether oxygens (including phenoxy) is 2. The summed E-state index contributed by atoms with van der Waals surface area (Å²) >= 11 is 6.40. The Morgan fingerprint density at radius 3 is 2.89 bits per heavy atom. The molecule has 1 aliphatic heterocycles. The third kappa shape index (κ3) is 3.07. The van der Waals surface area contributed by atoms with Gasteiger partial charge in [-0.1, -0.05) is 13.0 Å². The maximum absolute atomic E-state index is 8.96. The first-order chi connectivity index (χ1) is 8.74. The van der Waals surface area contributed by atoms with Crippen molar-refractivity contribution in [3.63, 3.8) is 0 Å². The number of nitrogens with zero attached hydrogens (tertiary/aromatic N) is 1. The lowest BCUT2D eigenvalue weighted by atomic mass is 10.1. The Bertz CT molecular complexity index is 400. The van der Waals surface area contributed by atoms with E-state index in [1.54, 1.807) is 0 Å². The summed E-state index contributed by atoms with van der Waals surface area (Å²) in [7, 11) is 0. The van der Waals surface area contributed by atoms with E-state index in [4.69, 9.17) is 26.2 Å². The van der Waals surface area contributed by atoms with Crippen molar-refractivity contribution in [3.8, 4) is 11.5 Å². The van der Waals surface area contributed by atoms with Gasteiger partial charge >= 0.3 is 0 Å². The van der Waals surface area contributed by atoms with Gasteiger partial charge in [0.15, 0.2) is 11.5 Å². The highest BCUT2D eigenvalue weighted by Crippen LogP contribution is 2.35. The van der Waals surface area contributed by atoms with Crippen molar-refractivity contribution in [1.29, 1.82) is 0 Å². The van der Waals surface area contributed by atoms with Crippen LogP contribution in [0, 0.1) is 0 Å². The average molecular weight is 272 g/mol. The van der Waals surface area contributed by atoms with Gasteiger partial charge in [-0.15, -0.1) is 11.6 Å². The van der Waals surface area contributed by atoms with E-state index in [2.05, 4.69) is 11.8 Å². The van der Waals surface area contributed by atoms with E-state index in [1.807, 2.05) is 18.2 Å². The minimum Gasteiger partial charge on any atom is -0.454 e. The largest absolute Gasteiger partial charge is 0.454 e. The van der Waals surface area contributed by atoms with Crippen LogP contribution >= 0.6 is 11.6 Å². The van der Waals surface area contributed by atoms with Gasteiger partial charge in [0.1, 0.15) is 0 Å². The maximum Gasteiger partial charge on any atom is 0.231 e. The molecule has 0 fully saturated rings. The van der Waals surface area contributed by atoms with E-state index >= 15 is 0 Å². The molecule has 0 saturated carbocycles. The van der Waals surface area contributed by atoms with E-state index in [0.717, 1.165) is 23.6 Å². The molecule has 4 nitrogen and oxygen atoms in total. The second-order valence-corrected chi connectivity index (χ2v) is 4.72. The zero-order valence-corrected chi connectivity index (χ0v) is 11.2. The van der Waals surface area contributed by atoms with Crippen molar-refractivity contribution in [2.75, 3.05) is 33.0 Å². The van der Waals surface area contributed by atoms with E-state index in [-0.39, 0.29) is 18.8 Å². The van der Waals surface area contributed by atoms with Crippen LogP contribution in [0.15, 0.2) is 18.2 Å². The molecule has 0 aromatic heterocycles. The minimum atomic E-state index is -0.119. The Balaban J connectivity index is 2.02. The number of likely N-dealkylation sites (N-methyl/N-ethyl adjacent to an activating group) is 1. The highest BCUT2D eigenvalue weighted by Gasteiger charge is 2.18. The number of aliphatic hydroxyl groups excluding tert-OH is 1. The molecule has 1 aliphatic rings. The van der Waals surface area contributed by atoms with Crippen LogP contribution in [0.1, 0.15) is 17.9 Å². The summed E-state index contributed by atoms with van der Waals surface area (Å²) in [5.74, 6) is 1.52.